The van der Waals surface area contributed by atoms with E-state index in [9.17, 15) is 4.79 Å². The standard InChI is InChI=1S/C16H22N4O3/c1-11-3-2-7-20(13(11)9-17)15(21)5-4-14-18-16(19-23-14)12-6-8-22-10-12/h6,8,10-11,13H,2-5,7,9,17H2,1H3/t11-,13+/m1/s1. The van der Waals surface area contributed by atoms with Gasteiger partial charge in [0.25, 0.3) is 0 Å². The first-order valence-electron chi connectivity index (χ1n) is 8.03. The van der Waals surface area contributed by atoms with Crippen LogP contribution in [0.5, 0.6) is 0 Å². The highest BCUT2D eigenvalue weighted by atomic mass is 16.5. The molecule has 1 aliphatic heterocycles. The third-order valence-corrected chi connectivity index (χ3v) is 4.48. The molecule has 0 bridgehead atoms. The van der Waals surface area contributed by atoms with Crippen LogP contribution in [-0.2, 0) is 11.2 Å². The van der Waals surface area contributed by atoms with E-state index in [-0.39, 0.29) is 11.9 Å². The fourth-order valence-corrected chi connectivity index (χ4v) is 3.14. The fourth-order valence-electron chi connectivity index (χ4n) is 3.14. The normalized spacial score (nSPS) is 21.6. The van der Waals surface area contributed by atoms with Gasteiger partial charge in [0.1, 0.15) is 6.26 Å². The number of amides is 1. The SMILES string of the molecule is C[C@@H]1CCCN(C(=O)CCc2nc(-c3ccoc3)no2)[C@H]1CN. The van der Waals surface area contributed by atoms with Crippen molar-refractivity contribution in [3.63, 3.8) is 0 Å². The van der Waals surface area contributed by atoms with Crippen LogP contribution in [0, 0.1) is 5.92 Å². The number of nitrogens with two attached hydrogens (primary N) is 1. The van der Waals surface area contributed by atoms with Crippen molar-refractivity contribution in [3.05, 3.63) is 24.5 Å². The molecule has 0 aromatic carbocycles. The van der Waals surface area contributed by atoms with E-state index < -0.39 is 0 Å². The van der Waals surface area contributed by atoms with Gasteiger partial charge >= 0.3 is 0 Å². The molecule has 3 rings (SSSR count). The molecule has 3 heterocycles. The average molecular weight is 318 g/mol. The number of likely N-dealkylation sites (tertiary alicyclic amines) is 1. The highest BCUT2D eigenvalue weighted by molar-refractivity contribution is 5.76. The molecule has 1 saturated heterocycles. The van der Waals surface area contributed by atoms with E-state index in [0.717, 1.165) is 24.9 Å². The van der Waals surface area contributed by atoms with E-state index in [1.54, 1.807) is 18.6 Å². The molecule has 0 unspecified atom stereocenters. The number of carbonyl (C=O) groups excluding carboxylic acids is 1. The summed E-state index contributed by atoms with van der Waals surface area (Å²) in [5, 5.41) is 3.90. The Morgan fingerprint density at radius 1 is 1.52 bits per heavy atom. The number of hydrogen-bond acceptors (Lipinski definition) is 6. The molecule has 2 aromatic rings. The lowest BCUT2D eigenvalue weighted by Crippen LogP contribution is -2.51. The van der Waals surface area contributed by atoms with Gasteiger partial charge in [0.15, 0.2) is 0 Å². The fraction of sp³-hybridized carbons (Fsp3) is 0.562. The highest BCUT2D eigenvalue weighted by Gasteiger charge is 2.30. The van der Waals surface area contributed by atoms with Crippen LogP contribution in [-0.4, -0.2) is 40.1 Å². The Morgan fingerprint density at radius 2 is 2.39 bits per heavy atom. The van der Waals surface area contributed by atoms with Gasteiger partial charge in [-0.2, -0.15) is 4.98 Å². The molecule has 23 heavy (non-hydrogen) atoms. The van der Waals surface area contributed by atoms with E-state index in [0.29, 0.717) is 37.0 Å². The molecule has 124 valence electrons. The number of aryl methyl sites for hydroxylation is 1. The Bertz CT molecular complexity index is 638. The molecule has 2 N–H and O–H groups in total. The quantitative estimate of drug-likeness (QED) is 0.903. The second-order valence-corrected chi connectivity index (χ2v) is 6.03. The summed E-state index contributed by atoms with van der Waals surface area (Å²) in [6.07, 6.45) is 6.07. The molecule has 0 saturated carbocycles. The maximum absolute atomic E-state index is 12.5. The average Bonchev–Trinajstić information content (AvgIpc) is 3.23. The van der Waals surface area contributed by atoms with Crippen molar-refractivity contribution in [1.29, 1.82) is 0 Å². The predicted molar refractivity (Wildman–Crippen MR) is 83.3 cm³/mol. The van der Waals surface area contributed by atoms with E-state index in [4.69, 9.17) is 14.7 Å². The second-order valence-electron chi connectivity index (χ2n) is 6.03. The van der Waals surface area contributed by atoms with Gasteiger partial charge in [-0.05, 0) is 24.8 Å². The zero-order valence-corrected chi connectivity index (χ0v) is 13.3. The first kappa shape index (κ1) is 15.7. The van der Waals surface area contributed by atoms with Gasteiger partial charge in [-0.25, -0.2) is 0 Å². The maximum atomic E-state index is 12.5. The monoisotopic (exact) mass is 318 g/mol. The predicted octanol–water partition coefficient (Wildman–Crippen LogP) is 1.85. The molecule has 1 amide bonds. The Labute approximate surface area is 134 Å². The van der Waals surface area contributed by atoms with Crippen LogP contribution in [0.2, 0.25) is 0 Å². The first-order chi connectivity index (χ1) is 11.2. The van der Waals surface area contributed by atoms with Gasteiger partial charge in [-0.3, -0.25) is 4.79 Å². The zero-order chi connectivity index (χ0) is 16.2. The van der Waals surface area contributed by atoms with Crippen molar-refractivity contribution in [2.75, 3.05) is 13.1 Å². The molecule has 2 atom stereocenters. The Morgan fingerprint density at radius 3 is 3.13 bits per heavy atom. The molecular formula is C16H22N4O3. The summed E-state index contributed by atoms with van der Waals surface area (Å²) in [5.74, 6) is 1.50. The Kier molecular flexibility index (Phi) is 4.76. The van der Waals surface area contributed by atoms with Gasteiger partial charge in [-0.15, -0.1) is 0 Å². The molecule has 1 fully saturated rings. The summed E-state index contributed by atoms with van der Waals surface area (Å²) in [6.45, 7) is 3.46. The number of piperidine rings is 1. The van der Waals surface area contributed by atoms with Gasteiger partial charge in [0.2, 0.25) is 17.6 Å². The number of furan rings is 1. The smallest absolute Gasteiger partial charge is 0.227 e. The van der Waals surface area contributed by atoms with E-state index in [1.807, 2.05) is 4.90 Å². The van der Waals surface area contributed by atoms with Crippen LogP contribution < -0.4 is 5.73 Å². The molecular weight excluding hydrogens is 296 g/mol. The van der Waals surface area contributed by atoms with Crippen LogP contribution in [0.15, 0.2) is 27.5 Å². The van der Waals surface area contributed by atoms with Crippen molar-refractivity contribution >= 4 is 5.91 Å². The second kappa shape index (κ2) is 6.95. The number of aromatic nitrogens is 2. The molecule has 1 aliphatic rings. The summed E-state index contributed by atoms with van der Waals surface area (Å²) >= 11 is 0. The van der Waals surface area contributed by atoms with Crippen molar-refractivity contribution in [1.82, 2.24) is 15.0 Å². The topological polar surface area (TPSA) is 98.4 Å². The lowest BCUT2D eigenvalue weighted by atomic mass is 9.90. The van der Waals surface area contributed by atoms with Crippen molar-refractivity contribution in [3.8, 4) is 11.4 Å². The minimum absolute atomic E-state index is 0.107. The summed E-state index contributed by atoms with van der Waals surface area (Å²) in [7, 11) is 0. The van der Waals surface area contributed by atoms with Crippen molar-refractivity contribution in [2.45, 2.75) is 38.6 Å². The van der Waals surface area contributed by atoms with Gasteiger partial charge in [0.05, 0.1) is 11.8 Å². The largest absolute Gasteiger partial charge is 0.472 e. The third kappa shape index (κ3) is 3.44. The first-order valence-corrected chi connectivity index (χ1v) is 8.03. The summed E-state index contributed by atoms with van der Waals surface area (Å²) < 4.78 is 10.2. The number of hydrogen-bond donors (Lipinski definition) is 1. The zero-order valence-electron chi connectivity index (χ0n) is 13.3. The molecule has 2 aromatic heterocycles. The van der Waals surface area contributed by atoms with E-state index in [1.165, 1.54) is 0 Å². The van der Waals surface area contributed by atoms with Crippen molar-refractivity contribution < 1.29 is 13.7 Å². The molecule has 7 nitrogen and oxygen atoms in total. The van der Waals surface area contributed by atoms with Crippen LogP contribution >= 0.6 is 0 Å². The Hall–Kier alpha value is -2.15. The lowest BCUT2D eigenvalue weighted by Gasteiger charge is -2.39. The summed E-state index contributed by atoms with van der Waals surface area (Å²) in [6, 6.07) is 1.90. The van der Waals surface area contributed by atoms with Crippen LogP contribution in [0.25, 0.3) is 11.4 Å². The Balaban J connectivity index is 1.58. The lowest BCUT2D eigenvalue weighted by molar-refractivity contribution is -0.136. The number of rotatable bonds is 5. The minimum Gasteiger partial charge on any atom is -0.472 e. The van der Waals surface area contributed by atoms with Gasteiger partial charge in [0, 0.05) is 32.0 Å². The maximum Gasteiger partial charge on any atom is 0.227 e. The van der Waals surface area contributed by atoms with E-state index in [2.05, 4.69) is 17.1 Å². The molecule has 0 spiro atoms. The number of carbonyl (C=O) groups is 1. The summed E-state index contributed by atoms with van der Waals surface area (Å²) in [5.41, 5.74) is 6.61. The van der Waals surface area contributed by atoms with Crippen LogP contribution in [0.1, 0.15) is 32.1 Å². The van der Waals surface area contributed by atoms with Crippen molar-refractivity contribution in [2.24, 2.45) is 11.7 Å². The van der Waals surface area contributed by atoms with Crippen LogP contribution in [0.4, 0.5) is 0 Å². The van der Waals surface area contributed by atoms with Gasteiger partial charge < -0.3 is 19.6 Å². The molecule has 7 heteroatoms. The molecule has 0 radical (unpaired) electrons. The third-order valence-electron chi connectivity index (χ3n) is 4.48. The van der Waals surface area contributed by atoms with Crippen LogP contribution in [0.3, 0.4) is 0 Å². The van der Waals surface area contributed by atoms with Gasteiger partial charge in [-0.1, -0.05) is 12.1 Å². The minimum atomic E-state index is 0.107. The van der Waals surface area contributed by atoms with E-state index >= 15 is 0 Å². The summed E-state index contributed by atoms with van der Waals surface area (Å²) in [4.78, 5) is 18.7. The molecule has 0 aliphatic carbocycles. The number of nitrogens with zero attached hydrogens (tertiary/aromatic N) is 3. The highest BCUT2D eigenvalue weighted by Crippen LogP contribution is 2.23.